The molecule has 0 aliphatic heterocycles. The lowest BCUT2D eigenvalue weighted by Gasteiger charge is -2.08. The number of rotatable bonds is 4. The Balaban J connectivity index is 1.95. The van der Waals surface area contributed by atoms with Gasteiger partial charge in [-0.15, -0.1) is 0 Å². The summed E-state index contributed by atoms with van der Waals surface area (Å²) in [5.41, 5.74) is 1.75. The van der Waals surface area contributed by atoms with Crippen LogP contribution in [-0.4, -0.2) is 31.1 Å². The van der Waals surface area contributed by atoms with Gasteiger partial charge in [0.05, 0.1) is 6.61 Å². The number of ether oxygens (including phenoxy) is 1. The van der Waals surface area contributed by atoms with Crippen molar-refractivity contribution in [2.75, 3.05) is 6.61 Å². The Morgan fingerprint density at radius 3 is 2.70 bits per heavy atom. The quantitative estimate of drug-likeness (QED) is 0.724. The Bertz CT molecular complexity index is 679. The van der Waals surface area contributed by atoms with E-state index in [2.05, 4.69) is 19.9 Å². The van der Waals surface area contributed by atoms with Crippen LogP contribution in [0.25, 0.3) is 17.1 Å². The predicted molar refractivity (Wildman–Crippen MR) is 73.6 cm³/mol. The first-order valence-corrected chi connectivity index (χ1v) is 6.27. The number of imidazole rings is 1. The third-order valence-corrected chi connectivity index (χ3v) is 2.74. The van der Waals surface area contributed by atoms with Gasteiger partial charge in [-0.1, -0.05) is 0 Å². The molecule has 0 aliphatic rings. The largest absolute Gasteiger partial charge is 0.478 e. The Morgan fingerprint density at radius 2 is 2.00 bits per heavy atom. The Labute approximate surface area is 116 Å². The molecule has 0 N–H and O–H groups in total. The zero-order valence-electron chi connectivity index (χ0n) is 11.0. The second-order valence-electron chi connectivity index (χ2n) is 4.03. The third kappa shape index (κ3) is 2.35. The van der Waals surface area contributed by atoms with Crippen LogP contribution < -0.4 is 4.74 Å². The number of aromatic nitrogens is 5. The van der Waals surface area contributed by atoms with Crippen LogP contribution in [-0.2, 0) is 0 Å². The number of nitrogens with zero attached hydrogens (tertiary/aromatic N) is 5. The molecular formula is C14H13N5O. The van der Waals surface area contributed by atoms with Crippen molar-refractivity contribution in [3.8, 4) is 23.0 Å². The second kappa shape index (κ2) is 5.48. The maximum Gasteiger partial charge on any atom is 0.234 e. The minimum absolute atomic E-state index is 0.567. The van der Waals surface area contributed by atoms with Gasteiger partial charge in [-0.05, 0) is 19.1 Å². The van der Waals surface area contributed by atoms with Crippen LogP contribution in [0.1, 0.15) is 6.92 Å². The molecule has 3 heterocycles. The van der Waals surface area contributed by atoms with Gasteiger partial charge in [0.1, 0.15) is 6.33 Å². The van der Waals surface area contributed by atoms with E-state index in [-0.39, 0.29) is 0 Å². The fourth-order valence-electron chi connectivity index (χ4n) is 1.83. The molecule has 3 rings (SSSR count). The van der Waals surface area contributed by atoms with Crippen molar-refractivity contribution >= 4 is 0 Å². The highest BCUT2D eigenvalue weighted by molar-refractivity contribution is 5.66. The molecule has 6 nitrogen and oxygen atoms in total. The lowest BCUT2D eigenvalue weighted by molar-refractivity contribution is 0.328. The van der Waals surface area contributed by atoms with E-state index in [1.165, 1.54) is 0 Å². The molecule has 0 aliphatic carbocycles. The van der Waals surface area contributed by atoms with Crippen molar-refractivity contribution in [2.45, 2.75) is 6.92 Å². The molecule has 0 aromatic carbocycles. The molecule has 20 heavy (non-hydrogen) atoms. The molecule has 0 amide bonds. The summed E-state index contributed by atoms with van der Waals surface area (Å²) in [4.78, 5) is 16.8. The van der Waals surface area contributed by atoms with Crippen molar-refractivity contribution < 1.29 is 4.74 Å². The predicted octanol–water partition coefficient (Wildman–Crippen LogP) is 2.12. The van der Waals surface area contributed by atoms with Gasteiger partial charge < -0.3 is 4.74 Å². The van der Waals surface area contributed by atoms with Crippen LogP contribution in [0.2, 0.25) is 0 Å². The molecule has 0 atom stereocenters. The average Bonchev–Trinajstić information content (AvgIpc) is 3.03. The van der Waals surface area contributed by atoms with Gasteiger partial charge in [0.15, 0.2) is 0 Å². The van der Waals surface area contributed by atoms with E-state index in [0.717, 1.165) is 11.1 Å². The summed E-state index contributed by atoms with van der Waals surface area (Å²) < 4.78 is 7.26. The zero-order valence-corrected chi connectivity index (χ0v) is 11.0. The van der Waals surface area contributed by atoms with Crippen LogP contribution in [0, 0.1) is 0 Å². The van der Waals surface area contributed by atoms with Crippen molar-refractivity contribution in [2.24, 2.45) is 0 Å². The summed E-state index contributed by atoms with van der Waals surface area (Å²) in [6.45, 7) is 2.50. The molecule has 0 saturated heterocycles. The van der Waals surface area contributed by atoms with Gasteiger partial charge in [-0.2, -0.15) is 0 Å². The van der Waals surface area contributed by atoms with E-state index >= 15 is 0 Å². The maximum atomic E-state index is 5.51. The standard InChI is InChI=1S/C14H13N5O/c1-2-20-13-12(4-3-5-16-13)11-8-17-14(18-9-11)19-7-6-15-10-19/h3-10H,2H2,1H3. The molecule has 0 radical (unpaired) electrons. The lowest BCUT2D eigenvalue weighted by Crippen LogP contribution is -2.00. The number of hydrogen-bond donors (Lipinski definition) is 0. The topological polar surface area (TPSA) is 65.7 Å². The first-order valence-electron chi connectivity index (χ1n) is 6.27. The highest BCUT2D eigenvalue weighted by Gasteiger charge is 2.08. The van der Waals surface area contributed by atoms with E-state index in [0.29, 0.717) is 18.4 Å². The Hall–Kier alpha value is -2.76. The van der Waals surface area contributed by atoms with E-state index < -0.39 is 0 Å². The summed E-state index contributed by atoms with van der Waals surface area (Å²) in [5.74, 6) is 1.17. The van der Waals surface area contributed by atoms with E-state index in [9.17, 15) is 0 Å². The summed E-state index contributed by atoms with van der Waals surface area (Å²) in [7, 11) is 0. The smallest absolute Gasteiger partial charge is 0.234 e. The molecule has 100 valence electrons. The van der Waals surface area contributed by atoms with Crippen LogP contribution in [0.3, 0.4) is 0 Å². The van der Waals surface area contributed by atoms with Gasteiger partial charge in [0, 0.05) is 42.1 Å². The zero-order chi connectivity index (χ0) is 13.8. The Kier molecular flexibility index (Phi) is 3.36. The number of hydrogen-bond acceptors (Lipinski definition) is 5. The lowest BCUT2D eigenvalue weighted by atomic mass is 10.1. The molecule has 3 aromatic rings. The summed E-state index contributed by atoms with van der Waals surface area (Å²) >= 11 is 0. The highest BCUT2D eigenvalue weighted by atomic mass is 16.5. The van der Waals surface area contributed by atoms with Gasteiger partial charge >= 0.3 is 0 Å². The number of pyridine rings is 1. The molecule has 6 heteroatoms. The molecule has 0 bridgehead atoms. The fraction of sp³-hybridized carbons (Fsp3) is 0.143. The minimum atomic E-state index is 0.567. The van der Waals surface area contributed by atoms with E-state index in [1.54, 1.807) is 41.9 Å². The van der Waals surface area contributed by atoms with Gasteiger partial charge in [0.2, 0.25) is 11.8 Å². The Morgan fingerprint density at radius 1 is 1.15 bits per heavy atom. The highest BCUT2D eigenvalue weighted by Crippen LogP contribution is 2.26. The first kappa shape index (κ1) is 12.3. The van der Waals surface area contributed by atoms with E-state index in [4.69, 9.17) is 4.74 Å². The maximum absolute atomic E-state index is 5.51. The van der Waals surface area contributed by atoms with Crippen LogP contribution in [0.5, 0.6) is 5.88 Å². The van der Waals surface area contributed by atoms with Crippen LogP contribution >= 0.6 is 0 Å². The van der Waals surface area contributed by atoms with Gasteiger partial charge in [0.25, 0.3) is 0 Å². The monoisotopic (exact) mass is 267 g/mol. The molecule has 0 saturated carbocycles. The van der Waals surface area contributed by atoms with Crippen LogP contribution in [0.15, 0.2) is 49.4 Å². The molecule has 3 aromatic heterocycles. The first-order chi connectivity index (χ1) is 9.88. The summed E-state index contributed by atoms with van der Waals surface area (Å²) in [6.07, 6.45) is 10.3. The SMILES string of the molecule is CCOc1ncccc1-c1cnc(-n2ccnc2)nc1. The minimum Gasteiger partial charge on any atom is -0.478 e. The normalized spacial score (nSPS) is 10.4. The van der Waals surface area contributed by atoms with Crippen LogP contribution in [0.4, 0.5) is 0 Å². The van der Waals surface area contributed by atoms with Crippen molar-refractivity contribution in [3.05, 3.63) is 49.4 Å². The fourth-order valence-corrected chi connectivity index (χ4v) is 1.83. The van der Waals surface area contributed by atoms with Crippen molar-refractivity contribution in [3.63, 3.8) is 0 Å². The van der Waals surface area contributed by atoms with Crippen molar-refractivity contribution in [1.29, 1.82) is 0 Å². The molecule has 0 spiro atoms. The molecular weight excluding hydrogens is 254 g/mol. The second-order valence-corrected chi connectivity index (χ2v) is 4.03. The molecule has 0 unspecified atom stereocenters. The van der Waals surface area contributed by atoms with E-state index in [1.807, 2.05) is 19.1 Å². The third-order valence-electron chi connectivity index (χ3n) is 2.74. The van der Waals surface area contributed by atoms with Gasteiger partial charge in [-0.3, -0.25) is 4.57 Å². The van der Waals surface area contributed by atoms with Gasteiger partial charge in [-0.25, -0.2) is 19.9 Å². The summed E-state index contributed by atoms with van der Waals surface area (Å²) in [6, 6.07) is 3.80. The van der Waals surface area contributed by atoms with Crippen molar-refractivity contribution in [1.82, 2.24) is 24.5 Å². The molecule has 0 fully saturated rings. The average molecular weight is 267 g/mol. The summed E-state index contributed by atoms with van der Waals surface area (Å²) in [5, 5.41) is 0.